The number of hydrogen-bond acceptors (Lipinski definition) is 6. The van der Waals surface area contributed by atoms with Crippen molar-refractivity contribution in [3.63, 3.8) is 0 Å². The second-order valence-electron chi connectivity index (χ2n) is 8.69. The number of aromatic nitrogens is 1. The number of carbonyl (C=O) groups is 5. The molecule has 3 atom stereocenters. The van der Waals surface area contributed by atoms with Crippen LogP contribution in [-0.2, 0) is 36.8 Å². The molecule has 200 valence electrons. The van der Waals surface area contributed by atoms with Crippen LogP contribution in [0, 0.1) is 0 Å². The minimum absolute atomic E-state index is 0.0335. The highest BCUT2D eigenvalue weighted by Crippen LogP contribution is 2.19. The Labute approximate surface area is 217 Å². The first kappa shape index (κ1) is 27.9. The first-order valence-corrected chi connectivity index (χ1v) is 11.8. The predicted octanol–water partition coefficient (Wildman–Crippen LogP) is -0.0745. The Morgan fingerprint density at radius 3 is 2.11 bits per heavy atom. The van der Waals surface area contributed by atoms with Crippen LogP contribution >= 0.6 is 0 Å². The van der Waals surface area contributed by atoms with Crippen LogP contribution in [-0.4, -0.2) is 69.5 Å². The average Bonchev–Trinajstić information content (AvgIpc) is 3.29. The lowest BCUT2D eigenvalue weighted by atomic mass is 10.0. The number of nitrogens with two attached hydrogens (primary N) is 1. The molecule has 8 N–H and O–H groups in total. The van der Waals surface area contributed by atoms with Crippen LogP contribution in [0.4, 0.5) is 0 Å². The van der Waals surface area contributed by atoms with Gasteiger partial charge in [0.2, 0.25) is 17.7 Å². The number of benzene rings is 2. The van der Waals surface area contributed by atoms with Gasteiger partial charge in [0.15, 0.2) is 0 Å². The summed E-state index contributed by atoms with van der Waals surface area (Å²) < 4.78 is 0. The SMILES string of the molecule is NC(CC(=O)O)C(=O)NC(Cc1ccccc1)C(=O)NC(Cc1c[nH]c2ccccc12)C(=O)NCC(=O)O. The van der Waals surface area contributed by atoms with Crippen LogP contribution in [0.3, 0.4) is 0 Å². The summed E-state index contributed by atoms with van der Waals surface area (Å²) >= 11 is 0. The van der Waals surface area contributed by atoms with Crippen LogP contribution < -0.4 is 21.7 Å². The van der Waals surface area contributed by atoms with Crippen molar-refractivity contribution in [1.82, 2.24) is 20.9 Å². The van der Waals surface area contributed by atoms with Gasteiger partial charge in [0, 0.05) is 29.9 Å². The molecule has 1 heterocycles. The van der Waals surface area contributed by atoms with E-state index in [0.29, 0.717) is 11.1 Å². The molecule has 3 aromatic rings. The number of hydrogen-bond donors (Lipinski definition) is 7. The highest BCUT2D eigenvalue weighted by atomic mass is 16.4. The van der Waals surface area contributed by atoms with E-state index in [0.717, 1.165) is 10.9 Å². The van der Waals surface area contributed by atoms with Gasteiger partial charge in [-0.25, -0.2) is 0 Å². The number of para-hydroxylation sites is 1. The highest BCUT2D eigenvalue weighted by molar-refractivity contribution is 5.95. The lowest BCUT2D eigenvalue weighted by Gasteiger charge is -2.24. The van der Waals surface area contributed by atoms with Gasteiger partial charge < -0.3 is 36.9 Å². The molecule has 38 heavy (non-hydrogen) atoms. The largest absolute Gasteiger partial charge is 0.481 e. The summed E-state index contributed by atoms with van der Waals surface area (Å²) in [6, 6.07) is 12.4. The van der Waals surface area contributed by atoms with Crippen LogP contribution in [0.2, 0.25) is 0 Å². The third-order valence-corrected chi connectivity index (χ3v) is 5.79. The average molecular weight is 524 g/mol. The van der Waals surface area contributed by atoms with Gasteiger partial charge in [0.1, 0.15) is 18.6 Å². The summed E-state index contributed by atoms with van der Waals surface area (Å²) in [4.78, 5) is 63.9. The molecule has 2 aromatic carbocycles. The molecule has 0 bridgehead atoms. The zero-order valence-corrected chi connectivity index (χ0v) is 20.3. The van der Waals surface area contributed by atoms with Gasteiger partial charge in [-0.15, -0.1) is 0 Å². The van der Waals surface area contributed by atoms with Crippen molar-refractivity contribution in [1.29, 1.82) is 0 Å². The molecule has 0 saturated carbocycles. The maximum absolute atomic E-state index is 13.4. The molecule has 12 nitrogen and oxygen atoms in total. The monoisotopic (exact) mass is 523 g/mol. The standard InChI is InChI=1S/C26H29N5O7/c27-18(12-22(32)33)24(36)30-20(10-15-6-2-1-3-7-15)26(38)31-21(25(37)29-14-23(34)35)11-16-13-28-19-9-5-4-8-17(16)19/h1-9,13,18,20-21,28H,10-12,14,27H2,(H,29,37)(H,30,36)(H,31,38)(H,32,33)(H,34,35). The minimum atomic E-state index is -1.39. The Hall–Kier alpha value is -4.71. The normalized spacial score (nSPS) is 13.2. The summed E-state index contributed by atoms with van der Waals surface area (Å²) in [5.41, 5.74) is 7.90. The number of aliphatic carboxylic acids is 2. The summed E-state index contributed by atoms with van der Waals surface area (Å²) in [5, 5.41) is 26.1. The van der Waals surface area contributed by atoms with Gasteiger partial charge in [-0.1, -0.05) is 48.5 Å². The zero-order valence-electron chi connectivity index (χ0n) is 20.3. The van der Waals surface area contributed by atoms with Crippen molar-refractivity contribution in [2.75, 3.05) is 6.54 Å². The smallest absolute Gasteiger partial charge is 0.322 e. The van der Waals surface area contributed by atoms with Crippen molar-refractivity contribution in [3.05, 3.63) is 71.9 Å². The number of fused-ring (bicyclic) bond motifs is 1. The van der Waals surface area contributed by atoms with Gasteiger partial charge in [-0.2, -0.15) is 0 Å². The molecule has 0 aliphatic heterocycles. The summed E-state index contributed by atoms with van der Waals surface area (Å²) in [7, 11) is 0. The Morgan fingerprint density at radius 2 is 1.42 bits per heavy atom. The number of aromatic amines is 1. The molecule has 12 heteroatoms. The summed E-state index contributed by atoms with van der Waals surface area (Å²) in [6.45, 7) is -0.646. The van der Waals surface area contributed by atoms with Gasteiger partial charge in [-0.05, 0) is 17.2 Å². The Balaban J connectivity index is 1.84. The lowest BCUT2D eigenvalue weighted by Crippen LogP contribution is -2.57. The van der Waals surface area contributed by atoms with Crippen molar-refractivity contribution in [2.45, 2.75) is 37.4 Å². The van der Waals surface area contributed by atoms with Crippen LogP contribution in [0.1, 0.15) is 17.5 Å². The third-order valence-electron chi connectivity index (χ3n) is 5.79. The molecule has 0 spiro atoms. The number of rotatable bonds is 13. The second kappa shape index (κ2) is 13.0. The van der Waals surface area contributed by atoms with Crippen molar-refractivity contribution in [2.24, 2.45) is 5.73 Å². The molecular formula is C26H29N5O7. The van der Waals surface area contributed by atoms with E-state index in [1.165, 1.54) is 0 Å². The topological polar surface area (TPSA) is 204 Å². The van der Waals surface area contributed by atoms with Crippen molar-refractivity contribution >= 4 is 40.6 Å². The Kier molecular flexibility index (Phi) is 9.54. The van der Waals surface area contributed by atoms with Crippen LogP contribution in [0.5, 0.6) is 0 Å². The highest BCUT2D eigenvalue weighted by Gasteiger charge is 2.29. The molecule has 0 aliphatic rings. The van der Waals surface area contributed by atoms with Crippen molar-refractivity contribution < 1.29 is 34.2 Å². The van der Waals surface area contributed by atoms with E-state index < -0.39 is 60.8 Å². The number of nitrogens with one attached hydrogen (secondary N) is 4. The van der Waals surface area contributed by atoms with Gasteiger partial charge in [0.25, 0.3) is 0 Å². The maximum Gasteiger partial charge on any atom is 0.322 e. The quantitative estimate of drug-likeness (QED) is 0.161. The summed E-state index contributed by atoms with van der Waals surface area (Å²) in [6.07, 6.45) is 1.13. The van der Waals surface area contributed by atoms with E-state index in [1.54, 1.807) is 36.5 Å². The van der Waals surface area contributed by atoms with Crippen LogP contribution in [0.25, 0.3) is 10.9 Å². The molecular weight excluding hydrogens is 494 g/mol. The molecule has 3 unspecified atom stereocenters. The Bertz CT molecular complexity index is 1310. The molecule has 0 aliphatic carbocycles. The fraction of sp³-hybridized carbons (Fsp3) is 0.269. The number of carboxylic acids is 2. The van der Waals surface area contributed by atoms with E-state index in [4.69, 9.17) is 15.9 Å². The fourth-order valence-corrected chi connectivity index (χ4v) is 3.91. The summed E-state index contributed by atoms with van der Waals surface area (Å²) in [5.74, 6) is -4.81. The molecule has 0 radical (unpaired) electrons. The van der Waals surface area contributed by atoms with E-state index in [2.05, 4.69) is 20.9 Å². The fourth-order valence-electron chi connectivity index (χ4n) is 3.91. The van der Waals surface area contributed by atoms with Crippen LogP contribution in [0.15, 0.2) is 60.8 Å². The van der Waals surface area contributed by atoms with Gasteiger partial charge in [-0.3, -0.25) is 24.0 Å². The number of amides is 3. The van der Waals surface area contributed by atoms with Gasteiger partial charge in [0.05, 0.1) is 12.5 Å². The van der Waals surface area contributed by atoms with E-state index >= 15 is 0 Å². The van der Waals surface area contributed by atoms with Gasteiger partial charge >= 0.3 is 11.9 Å². The first-order chi connectivity index (χ1) is 18.1. The van der Waals surface area contributed by atoms with E-state index in [9.17, 15) is 24.0 Å². The third kappa shape index (κ3) is 7.90. The molecule has 3 rings (SSSR count). The van der Waals surface area contributed by atoms with Crippen molar-refractivity contribution in [3.8, 4) is 0 Å². The molecule has 1 aromatic heterocycles. The first-order valence-electron chi connectivity index (χ1n) is 11.8. The second-order valence-corrected chi connectivity index (χ2v) is 8.69. The Morgan fingerprint density at radius 1 is 0.789 bits per heavy atom. The molecule has 3 amide bonds. The molecule has 0 fully saturated rings. The maximum atomic E-state index is 13.4. The van der Waals surface area contributed by atoms with E-state index in [-0.39, 0.29) is 12.8 Å². The minimum Gasteiger partial charge on any atom is -0.481 e. The number of carboxylic acid groups (broad SMARTS) is 2. The lowest BCUT2D eigenvalue weighted by molar-refractivity contribution is -0.139. The molecule has 0 saturated heterocycles. The zero-order chi connectivity index (χ0) is 27.7. The number of carbonyl (C=O) groups excluding carboxylic acids is 3. The predicted molar refractivity (Wildman–Crippen MR) is 137 cm³/mol. The van der Waals surface area contributed by atoms with E-state index in [1.807, 2.05) is 24.3 Å². The number of H-pyrrole nitrogens is 1.